The van der Waals surface area contributed by atoms with Gasteiger partial charge in [-0.2, -0.15) is 0 Å². The summed E-state index contributed by atoms with van der Waals surface area (Å²) in [4.78, 5) is 11.3. The Kier molecular flexibility index (Phi) is 1.77. The predicted octanol–water partition coefficient (Wildman–Crippen LogP) is -0.0286. The van der Waals surface area contributed by atoms with Crippen LogP contribution in [-0.4, -0.2) is 9.78 Å². The molecule has 1 aromatic rings. The van der Waals surface area contributed by atoms with Gasteiger partial charge in [0.25, 0.3) is 5.56 Å². The number of aromatic amines is 1. The Morgan fingerprint density at radius 2 is 2.33 bits per heavy atom. The zero-order valence-electron chi connectivity index (χ0n) is 6.97. The van der Waals surface area contributed by atoms with E-state index in [0.29, 0.717) is 6.54 Å². The first-order valence-corrected chi connectivity index (χ1v) is 4.33. The van der Waals surface area contributed by atoms with Crippen molar-refractivity contribution in [3.05, 3.63) is 21.6 Å². The fourth-order valence-corrected chi connectivity index (χ4v) is 1.80. The van der Waals surface area contributed by atoms with Gasteiger partial charge in [0.15, 0.2) is 0 Å². The summed E-state index contributed by atoms with van der Waals surface area (Å²) in [5.41, 5.74) is 7.37. The number of hydrogen-bond acceptors (Lipinski definition) is 2. The monoisotopic (exact) mass is 167 g/mol. The van der Waals surface area contributed by atoms with E-state index in [4.69, 9.17) is 5.73 Å². The molecule has 0 bridgehead atoms. The van der Waals surface area contributed by atoms with Gasteiger partial charge in [-0.1, -0.05) is 0 Å². The molecule has 0 aliphatic carbocycles. The molecule has 3 N–H and O–H groups in total. The van der Waals surface area contributed by atoms with Crippen LogP contribution in [0.5, 0.6) is 0 Å². The minimum absolute atomic E-state index is 0.00519. The van der Waals surface area contributed by atoms with E-state index < -0.39 is 0 Å². The summed E-state index contributed by atoms with van der Waals surface area (Å²) in [5.74, 6) is 0. The van der Waals surface area contributed by atoms with Gasteiger partial charge in [0.05, 0.1) is 5.56 Å². The molecule has 66 valence electrons. The molecule has 1 aliphatic rings. The molecule has 1 aromatic heterocycles. The van der Waals surface area contributed by atoms with Crippen molar-refractivity contribution < 1.29 is 0 Å². The van der Waals surface area contributed by atoms with E-state index >= 15 is 0 Å². The van der Waals surface area contributed by atoms with E-state index in [9.17, 15) is 4.79 Å². The van der Waals surface area contributed by atoms with E-state index in [0.717, 1.165) is 30.6 Å². The number of nitrogens with one attached hydrogen (secondary N) is 1. The van der Waals surface area contributed by atoms with Gasteiger partial charge >= 0.3 is 0 Å². The number of nitrogens with two attached hydrogens (primary N) is 1. The summed E-state index contributed by atoms with van der Waals surface area (Å²) in [6, 6.07) is 0. The maximum Gasteiger partial charge on any atom is 0.268 e. The number of rotatable bonds is 1. The lowest BCUT2D eigenvalue weighted by atomic mass is 10.1. The van der Waals surface area contributed by atoms with Crippen LogP contribution in [0.4, 0.5) is 0 Å². The third-order valence-electron chi connectivity index (χ3n) is 2.43. The van der Waals surface area contributed by atoms with Crippen LogP contribution in [0.3, 0.4) is 0 Å². The fourth-order valence-electron chi connectivity index (χ4n) is 1.80. The second kappa shape index (κ2) is 2.79. The topological polar surface area (TPSA) is 63.8 Å². The maximum absolute atomic E-state index is 11.3. The Balaban J connectivity index is 2.54. The van der Waals surface area contributed by atoms with Crippen LogP contribution in [0.2, 0.25) is 0 Å². The molecule has 0 saturated carbocycles. The molecule has 0 amide bonds. The van der Waals surface area contributed by atoms with Crippen molar-refractivity contribution in [1.29, 1.82) is 0 Å². The molecule has 0 aromatic carbocycles. The zero-order chi connectivity index (χ0) is 8.55. The molecule has 0 saturated heterocycles. The summed E-state index contributed by atoms with van der Waals surface area (Å²) < 4.78 is 1.94. The largest absolute Gasteiger partial charge is 0.326 e. The fraction of sp³-hybridized carbons (Fsp3) is 0.625. The molecule has 0 fully saturated rings. The van der Waals surface area contributed by atoms with Crippen LogP contribution in [0.25, 0.3) is 0 Å². The number of H-pyrrole nitrogens is 1. The highest BCUT2D eigenvalue weighted by Crippen LogP contribution is 2.14. The van der Waals surface area contributed by atoms with Gasteiger partial charge in [-0.05, 0) is 19.3 Å². The van der Waals surface area contributed by atoms with E-state index in [2.05, 4.69) is 5.10 Å². The molecule has 4 heteroatoms. The van der Waals surface area contributed by atoms with Crippen molar-refractivity contribution in [3.63, 3.8) is 0 Å². The van der Waals surface area contributed by atoms with Gasteiger partial charge in [0, 0.05) is 18.8 Å². The Labute approximate surface area is 70.4 Å². The summed E-state index contributed by atoms with van der Waals surface area (Å²) in [7, 11) is 0. The quantitative estimate of drug-likeness (QED) is 0.617. The summed E-state index contributed by atoms with van der Waals surface area (Å²) in [6.07, 6.45) is 3.32. The van der Waals surface area contributed by atoms with Gasteiger partial charge < -0.3 is 5.73 Å². The van der Waals surface area contributed by atoms with Crippen LogP contribution < -0.4 is 11.3 Å². The SMILES string of the molecule is NCc1c2n([nH]c1=O)CCCC2. The van der Waals surface area contributed by atoms with Gasteiger partial charge in [-0.15, -0.1) is 0 Å². The van der Waals surface area contributed by atoms with Crippen LogP contribution in [0.1, 0.15) is 24.1 Å². The zero-order valence-corrected chi connectivity index (χ0v) is 6.97. The molecule has 0 atom stereocenters. The van der Waals surface area contributed by atoms with Gasteiger partial charge in [-0.3, -0.25) is 14.6 Å². The van der Waals surface area contributed by atoms with Crippen molar-refractivity contribution >= 4 is 0 Å². The van der Waals surface area contributed by atoms with E-state index in [-0.39, 0.29) is 5.56 Å². The third-order valence-corrected chi connectivity index (χ3v) is 2.43. The molecule has 4 nitrogen and oxygen atoms in total. The highest BCUT2D eigenvalue weighted by molar-refractivity contribution is 5.18. The van der Waals surface area contributed by atoms with Gasteiger partial charge in [0.2, 0.25) is 0 Å². The molecule has 0 unspecified atom stereocenters. The highest BCUT2D eigenvalue weighted by atomic mass is 16.1. The molecule has 2 rings (SSSR count). The first-order valence-electron chi connectivity index (χ1n) is 4.33. The van der Waals surface area contributed by atoms with Crippen LogP contribution in [0, 0.1) is 0 Å². The van der Waals surface area contributed by atoms with Crippen molar-refractivity contribution in [2.24, 2.45) is 5.73 Å². The number of hydrogen-bond donors (Lipinski definition) is 2. The van der Waals surface area contributed by atoms with Crippen molar-refractivity contribution in [2.75, 3.05) is 0 Å². The van der Waals surface area contributed by atoms with E-state index in [1.807, 2.05) is 4.68 Å². The number of nitrogens with zero attached hydrogens (tertiary/aromatic N) is 1. The maximum atomic E-state index is 11.3. The Morgan fingerprint density at radius 1 is 1.50 bits per heavy atom. The molecule has 0 radical (unpaired) electrons. The average molecular weight is 167 g/mol. The lowest BCUT2D eigenvalue weighted by Gasteiger charge is -2.14. The average Bonchev–Trinajstić information content (AvgIpc) is 2.40. The van der Waals surface area contributed by atoms with E-state index in [1.54, 1.807) is 0 Å². The van der Waals surface area contributed by atoms with E-state index in [1.165, 1.54) is 6.42 Å². The second-order valence-corrected chi connectivity index (χ2v) is 3.18. The van der Waals surface area contributed by atoms with Crippen LogP contribution in [0.15, 0.2) is 4.79 Å². The molecular weight excluding hydrogens is 154 g/mol. The number of aryl methyl sites for hydroxylation is 1. The Morgan fingerprint density at radius 3 is 3.08 bits per heavy atom. The normalized spacial score (nSPS) is 16.1. The lowest BCUT2D eigenvalue weighted by molar-refractivity contribution is 0.482. The second-order valence-electron chi connectivity index (χ2n) is 3.18. The summed E-state index contributed by atoms with van der Waals surface area (Å²) >= 11 is 0. The molecule has 12 heavy (non-hydrogen) atoms. The van der Waals surface area contributed by atoms with Crippen molar-refractivity contribution in [1.82, 2.24) is 9.78 Å². The minimum atomic E-state index is -0.00519. The Bertz CT molecular complexity index is 337. The van der Waals surface area contributed by atoms with Crippen molar-refractivity contribution in [3.8, 4) is 0 Å². The Hall–Kier alpha value is -1.03. The third kappa shape index (κ3) is 0.992. The molecular formula is C8H13N3O. The summed E-state index contributed by atoms with van der Waals surface area (Å²) in [6.45, 7) is 1.29. The standard InChI is InChI=1S/C8H13N3O/c9-5-6-7-3-1-2-4-11(7)10-8(6)12/h1-5,9H2,(H,10,12). The first-order chi connectivity index (χ1) is 5.83. The molecule has 1 aliphatic heterocycles. The molecule has 2 heterocycles. The van der Waals surface area contributed by atoms with Crippen LogP contribution >= 0.6 is 0 Å². The summed E-state index contributed by atoms with van der Waals surface area (Å²) in [5, 5.41) is 2.80. The highest BCUT2D eigenvalue weighted by Gasteiger charge is 2.15. The number of aromatic nitrogens is 2. The van der Waals surface area contributed by atoms with Gasteiger partial charge in [0.1, 0.15) is 0 Å². The predicted molar refractivity (Wildman–Crippen MR) is 45.9 cm³/mol. The smallest absolute Gasteiger partial charge is 0.268 e. The van der Waals surface area contributed by atoms with Crippen LogP contribution in [-0.2, 0) is 19.5 Å². The minimum Gasteiger partial charge on any atom is -0.326 e. The number of fused-ring (bicyclic) bond motifs is 1. The first kappa shape index (κ1) is 7.61. The lowest BCUT2D eigenvalue weighted by Crippen LogP contribution is -2.13. The molecule has 0 spiro atoms. The van der Waals surface area contributed by atoms with Crippen molar-refractivity contribution in [2.45, 2.75) is 32.4 Å². The van der Waals surface area contributed by atoms with Gasteiger partial charge in [-0.25, -0.2) is 0 Å².